The van der Waals surface area contributed by atoms with E-state index in [2.05, 4.69) is 15.3 Å². The normalized spacial score (nSPS) is 12.4. The molecule has 4 rings (SSSR count). The number of fused-ring (bicyclic) bond motifs is 1. The summed E-state index contributed by atoms with van der Waals surface area (Å²) in [6.07, 6.45) is -4.28. The number of aromatic hydroxyl groups is 1. The second kappa shape index (κ2) is 9.81. The van der Waals surface area contributed by atoms with Crippen molar-refractivity contribution in [2.24, 2.45) is 19.1 Å². The summed E-state index contributed by atoms with van der Waals surface area (Å²) in [4.78, 5) is 32.5. The summed E-state index contributed by atoms with van der Waals surface area (Å²) in [6, 6.07) is 10.6. The predicted octanol–water partition coefficient (Wildman–Crippen LogP) is 4.35. The molecule has 37 heavy (non-hydrogen) atoms. The number of aryl methyl sites for hydroxylation is 1. The zero-order valence-corrected chi connectivity index (χ0v) is 20.8. The van der Waals surface area contributed by atoms with E-state index in [9.17, 15) is 27.9 Å². The molecule has 0 amide bonds. The van der Waals surface area contributed by atoms with E-state index in [1.807, 2.05) is 0 Å². The van der Waals surface area contributed by atoms with Gasteiger partial charge in [0.25, 0.3) is 5.56 Å². The van der Waals surface area contributed by atoms with E-state index in [0.29, 0.717) is 27.4 Å². The zero-order valence-electron chi connectivity index (χ0n) is 20.1. The minimum Gasteiger partial charge on any atom is -0.494 e. The summed E-state index contributed by atoms with van der Waals surface area (Å²) < 4.78 is 42.2. The van der Waals surface area contributed by atoms with Crippen molar-refractivity contribution in [2.75, 3.05) is 11.9 Å². The lowest BCUT2D eigenvalue weighted by molar-refractivity contribution is -0.136. The number of aromatic nitrogens is 3. The number of hydrogen-bond acceptors (Lipinski definition) is 4. The Morgan fingerprint density at radius 1 is 1.11 bits per heavy atom. The molecule has 0 aliphatic rings. The van der Waals surface area contributed by atoms with Gasteiger partial charge < -0.3 is 15.4 Å². The predicted molar refractivity (Wildman–Crippen MR) is 137 cm³/mol. The molecule has 0 atom stereocenters. The first-order chi connectivity index (χ1) is 17.4. The van der Waals surface area contributed by atoms with Crippen LogP contribution in [0, 0.1) is 6.92 Å². The number of nitrogens with one attached hydrogen (secondary N) is 2. The van der Waals surface area contributed by atoms with Gasteiger partial charge in [-0.05, 0) is 37.1 Å². The molecule has 2 heterocycles. The van der Waals surface area contributed by atoms with Crippen molar-refractivity contribution in [1.29, 1.82) is 0 Å². The van der Waals surface area contributed by atoms with Crippen LogP contribution >= 0.6 is 11.6 Å². The van der Waals surface area contributed by atoms with Crippen LogP contribution in [0.25, 0.3) is 10.9 Å². The molecule has 2 aromatic carbocycles. The zero-order chi connectivity index (χ0) is 27.1. The maximum Gasteiger partial charge on any atom is 0.418 e. The van der Waals surface area contributed by atoms with Crippen LogP contribution in [0.5, 0.6) is 5.88 Å². The lowest BCUT2D eigenvalue weighted by atomic mass is 10.1. The van der Waals surface area contributed by atoms with E-state index < -0.39 is 28.9 Å². The highest BCUT2D eigenvalue weighted by atomic mass is 35.5. The fourth-order valence-electron chi connectivity index (χ4n) is 4.15. The van der Waals surface area contributed by atoms with Gasteiger partial charge in [0, 0.05) is 31.7 Å². The molecule has 8 nitrogen and oxygen atoms in total. The van der Waals surface area contributed by atoms with E-state index in [1.165, 1.54) is 20.2 Å². The van der Waals surface area contributed by atoms with Crippen molar-refractivity contribution in [2.45, 2.75) is 19.5 Å². The summed E-state index contributed by atoms with van der Waals surface area (Å²) in [7, 11) is 2.58. The molecule has 0 fully saturated rings. The number of benzene rings is 2. The number of anilines is 1. The molecular weight excluding hydrogens is 511 g/mol. The van der Waals surface area contributed by atoms with Crippen LogP contribution < -0.4 is 16.6 Å². The molecule has 0 radical (unpaired) electrons. The summed E-state index contributed by atoms with van der Waals surface area (Å²) in [6.45, 7) is 1.72. The van der Waals surface area contributed by atoms with Crippen molar-refractivity contribution < 1.29 is 18.3 Å². The van der Waals surface area contributed by atoms with Gasteiger partial charge in [0.2, 0.25) is 5.88 Å². The maximum atomic E-state index is 13.5. The van der Waals surface area contributed by atoms with E-state index in [-0.39, 0.29) is 29.9 Å². The molecule has 0 unspecified atom stereocenters. The number of aromatic amines is 1. The van der Waals surface area contributed by atoms with Crippen LogP contribution in [0.1, 0.15) is 22.4 Å². The fraction of sp³-hybridized carbons (Fsp3) is 0.240. The van der Waals surface area contributed by atoms with Crippen molar-refractivity contribution in [3.63, 3.8) is 0 Å². The molecule has 194 valence electrons. The lowest BCUT2D eigenvalue weighted by Gasteiger charge is -2.15. The van der Waals surface area contributed by atoms with Crippen molar-refractivity contribution in [1.82, 2.24) is 14.1 Å². The topological polar surface area (TPSA) is 104 Å². The van der Waals surface area contributed by atoms with Crippen molar-refractivity contribution in [3.05, 3.63) is 90.7 Å². The van der Waals surface area contributed by atoms with Crippen LogP contribution in [-0.4, -0.2) is 31.6 Å². The number of aliphatic imine (C=N–C) groups is 1. The van der Waals surface area contributed by atoms with E-state index in [4.69, 9.17) is 11.6 Å². The third-order valence-corrected chi connectivity index (χ3v) is 6.42. The second-order valence-corrected chi connectivity index (χ2v) is 8.85. The molecule has 0 saturated heterocycles. The molecule has 0 saturated carbocycles. The van der Waals surface area contributed by atoms with Gasteiger partial charge >= 0.3 is 11.9 Å². The first-order valence-electron chi connectivity index (χ1n) is 11.1. The smallest absolute Gasteiger partial charge is 0.418 e. The molecule has 3 N–H and O–H groups in total. The van der Waals surface area contributed by atoms with E-state index >= 15 is 0 Å². The Labute approximate surface area is 213 Å². The Hall–Kier alpha value is -3.99. The quantitative estimate of drug-likeness (QED) is 0.262. The number of para-hydroxylation sites is 2. The van der Waals surface area contributed by atoms with Gasteiger partial charge in [0.1, 0.15) is 11.4 Å². The van der Waals surface area contributed by atoms with E-state index in [1.54, 1.807) is 37.3 Å². The van der Waals surface area contributed by atoms with Gasteiger partial charge in [-0.25, -0.2) is 4.79 Å². The third-order valence-electron chi connectivity index (χ3n) is 6.09. The first kappa shape index (κ1) is 26.1. The highest BCUT2D eigenvalue weighted by Gasteiger charge is 2.33. The van der Waals surface area contributed by atoms with Crippen LogP contribution in [0.4, 0.5) is 18.9 Å². The molecule has 0 aliphatic carbocycles. The number of amidine groups is 1. The van der Waals surface area contributed by atoms with Gasteiger partial charge in [0.05, 0.1) is 21.8 Å². The minimum atomic E-state index is -4.51. The van der Waals surface area contributed by atoms with Crippen molar-refractivity contribution in [3.8, 4) is 5.88 Å². The van der Waals surface area contributed by atoms with Crippen LogP contribution in [0.2, 0.25) is 5.02 Å². The molecule has 0 bridgehead atoms. The van der Waals surface area contributed by atoms with Crippen LogP contribution in [0.3, 0.4) is 0 Å². The highest BCUT2D eigenvalue weighted by Crippen LogP contribution is 2.36. The summed E-state index contributed by atoms with van der Waals surface area (Å²) in [5.74, 6) is -0.639. The van der Waals surface area contributed by atoms with Gasteiger partial charge in [-0.1, -0.05) is 35.9 Å². The first-order valence-corrected chi connectivity index (χ1v) is 11.5. The van der Waals surface area contributed by atoms with Gasteiger partial charge in [-0.3, -0.25) is 18.9 Å². The Morgan fingerprint density at radius 3 is 2.49 bits per heavy atom. The molecule has 0 aliphatic heterocycles. The maximum absolute atomic E-state index is 13.5. The Balaban J connectivity index is 1.78. The average Bonchev–Trinajstić information content (AvgIpc) is 3.17. The molecule has 2 aromatic heterocycles. The monoisotopic (exact) mass is 533 g/mol. The molecule has 4 aromatic rings. The Kier molecular flexibility index (Phi) is 6.92. The number of rotatable bonds is 5. The SMILES string of the molecule is Cc1[nH]c2c(C(F)(F)F)cccc2c1CCN=C(Nc1ccccc1Cl)c1c(O)n(C)c(=O)n(C)c1=O. The van der Waals surface area contributed by atoms with E-state index in [0.717, 1.165) is 15.2 Å². The fourth-order valence-corrected chi connectivity index (χ4v) is 4.34. The number of hydrogen-bond donors (Lipinski definition) is 3. The Bertz CT molecular complexity index is 1650. The summed E-state index contributed by atoms with van der Waals surface area (Å²) >= 11 is 6.26. The minimum absolute atomic E-state index is 0.00883. The molecular formula is C25H23ClF3N5O3. The Morgan fingerprint density at radius 2 is 1.81 bits per heavy atom. The van der Waals surface area contributed by atoms with Gasteiger partial charge in [0.15, 0.2) is 0 Å². The standard InChI is InChI=1S/C25H23ClF3N5O3/c1-13-14(15-7-6-8-16(20(15)31-13)25(27,28)29)11-12-30-21(32-18-10-5-4-9-17(18)26)19-22(35)33(2)24(37)34(3)23(19)36/h4-10,31,35H,11-12H2,1-3H3,(H,30,32). The third kappa shape index (κ3) is 4.86. The highest BCUT2D eigenvalue weighted by molar-refractivity contribution is 6.34. The number of alkyl halides is 3. The van der Waals surface area contributed by atoms with Crippen molar-refractivity contribution >= 4 is 34.0 Å². The van der Waals surface area contributed by atoms with Crippen LogP contribution in [-0.2, 0) is 26.7 Å². The largest absolute Gasteiger partial charge is 0.494 e. The summed E-state index contributed by atoms with van der Waals surface area (Å²) in [5.41, 5.74) is -0.929. The number of nitrogens with zero attached hydrogens (tertiary/aromatic N) is 3. The summed E-state index contributed by atoms with van der Waals surface area (Å²) in [5, 5.41) is 14.4. The lowest BCUT2D eigenvalue weighted by Crippen LogP contribution is -2.41. The molecule has 12 heteroatoms. The van der Waals surface area contributed by atoms with Crippen LogP contribution in [0.15, 0.2) is 57.0 Å². The second-order valence-electron chi connectivity index (χ2n) is 8.44. The molecule has 0 spiro atoms. The van der Waals surface area contributed by atoms with Gasteiger partial charge in [-0.15, -0.1) is 0 Å². The number of H-pyrrole nitrogens is 1. The van der Waals surface area contributed by atoms with Gasteiger partial charge in [-0.2, -0.15) is 13.2 Å². The number of halogens is 4. The average molecular weight is 534 g/mol.